The molecule has 1 aromatic carbocycles. The highest BCUT2D eigenvalue weighted by atomic mass is 16.5. The van der Waals surface area contributed by atoms with Gasteiger partial charge in [-0.1, -0.05) is 30.3 Å². The Bertz CT molecular complexity index is 642. The first-order valence-corrected chi connectivity index (χ1v) is 10.5. The third-order valence-electron chi connectivity index (χ3n) is 6.39. The molecule has 5 nitrogen and oxygen atoms in total. The average Bonchev–Trinajstić information content (AvgIpc) is 3.25. The van der Waals surface area contributed by atoms with Gasteiger partial charge < -0.3 is 10.1 Å². The molecule has 0 aromatic heterocycles. The Labute approximate surface area is 163 Å². The summed E-state index contributed by atoms with van der Waals surface area (Å²) in [6, 6.07) is 11.5. The van der Waals surface area contributed by atoms with E-state index in [1.807, 2.05) is 0 Å². The molecule has 148 valence electrons. The van der Waals surface area contributed by atoms with Gasteiger partial charge in [-0.2, -0.15) is 0 Å². The van der Waals surface area contributed by atoms with Crippen LogP contribution in [-0.4, -0.2) is 66.7 Å². The second kappa shape index (κ2) is 7.90. The van der Waals surface area contributed by atoms with E-state index < -0.39 is 0 Å². The summed E-state index contributed by atoms with van der Waals surface area (Å²) in [7, 11) is 0. The molecule has 4 rings (SSSR count). The number of benzene rings is 1. The van der Waals surface area contributed by atoms with Crippen LogP contribution >= 0.6 is 0 Å². The zero-order valence-electron chi connectivity index (χ0n) is 16.7. The van der Waals surface area contributed by atoms with Crippen molar-refractivity contribution < 1.29 is 9.53 Å². The van der Waals surface area contributed by atoms with Crippen LogP contribution in [0.3, 0.4) is 0 Å². The summed E-state index contributed by atoms with van der Waals surface area (Å²) in [5, 5.41) is 3.38. The highest BCUT2D eigenvalue weighted by Crippen LogP contribution is 2.45. The van der Waals surface area contributed by atoms with E-state index in [4.69, 9.17) is 4.74 Å². The molecule has 27 heavy (non-hydrogen) atoms. The maximum atomic E-state index is 13.2. The fraction of sp³-hybridized carbons (Fsp3) is 0.682. The third kappa shape index (κ3) is 4.20. The lowest BCUT2D eigenvalue weighted by Gasteiger charge is -2.36. The summed E-state index contributed by atoms with van der Waals surface area (Å²) < 4.78 is 5.44. The van der Waals surface area contributed by atoms with E-state index in [9.17, 15) is 4.79 Å². The van der Waals surface area contributed by atoms with Crippen LogP contribution < -0.4 is 5.32 Å². The molecule has 3 aliphatic heterocycles. The fourth-order valence-corrected chi connectivity index (χ4v) is 5.24. The molecule has 3 atom stereocenters. The molecule has 0 saturated carbocycles. The van der Waals surface area contributed by atoms with Crippen molar-refractivity contribution in [1.82, 2.24) is 15.1 Å². The Morgan fingerprint density at radius 3 is 2.67 bits per heavy atom. The highest BCUT2D eigenvalue weighted by Gasteiger charge is 2.47. The molecule has 0 spiro atoms. The van der Waals surface area contributed by atoms with E-state index in [0.717, 1.165) is 52.2 Å². The predicted octanol–water partition coefficient (Wildman–Crippen LogP) is 2.44. The quantitative estimate of drug-likeness (QED) is 0.864. The van der Waals surface area contributed by atoms with E-state index in [0.29, 0.717) is 12.1 Å². The van der Waals surface area contributed by atoms with E-state index in [-0.39, 0.29) is 17.4 Å². The Balaban J connectivity index is 1.42. The molecule has 3 fully saturated rings. The number of morpholine rings is 1. The molecular weight excluding hydrogens is 338 g/mol. The van der Waals surface area contributed by atoms with E-state index in [1.54, 1.807) is 0 Å². The number of nitrogens with zero attached hydrogens (tertiary/aromatic N) is 2. The maximum Gasteiger partial charge on any atom is 0.225 e. The first-order chi connectivity index (χ1) is 13.0. The van der Waals surface area contributed by atoms with Crippen LogP contribution in [0.25, 0.3) is 0 Å². The smallest absolute Gasteiger partial charge is 0.225 e. The third-order valence-corrected chi connectivity index (χ3v) is 6.39. The SMILES string of the molecule is CC(C)(CN1CCOCC1)NC(=O)[C@H]1C[C@@H](c2ccccc2)N2CCC[C@H]12. The zero-order valence-corrected chi connectivity index (χ0v) is 16.7. The van der Waals surface area contributed by atoms with Gasteiger partial charge in [0.2, 0.25) is 5.91 Å². The summed E-state index contributed by atoms with van der Waals surface area (Å²) in [6.45, 7) is 9.79. The normalized spacial score (nSPS) is 29.6. The Hall–Kier alpha value is -1.43. The number of nitrogens with one attached hydrogen (secondary N) is 1. The van der Waals surface area contributed by atoms with Crippen molar-refractivity contribution in [3.8, 4) is 0 Å². The van der Waals surface area contributed by atoms with Gasteiger partial charge in [0.1, 0.15) is 0 Å². The lowest BCUT2D eigenvalue weighted by Crippen LogP contribution is -2.55. The fourth-order valence-electron chi connectivity index (χ4n) is 5.24. The van der Waals surface area contributed by atoms with Crippen molar-refractivity contribution in [3.63, 3.8) is 0 Å². The number of rotatable bonds is 5. The highest BCUT2D eigenvalue weighted by molar-refractivity contribution is 5.80. The molecule has 0 radical (unpaired) electrons. The molecule has 0 aliphatic carbocycles. The van der Waals surface area contributed by atoms with Crippen molar-refractivity contribution in [3.05, 3.63) is 35.9 Å². The number of carbonyl (C=O) groups is 1. The predicted molar refractivity (Wildman–Crippen MR) is 106 cm³/mol. The van der Waals surface area contributed by atoms with Crippen molar-refractivity contribution >= 4 is 5.91 Å². The van der Waals surface area contributed by atoms with Gasteiger partial charge >= 0.3 is 0 Å². The summed E-state index contributed by atoms with van der Waals surface area (Å²) in [4.78, 5) is 18.2. The minimum atomic E-state index is -0.220. The molecule has 3 heterocycles. The Kier molecular flexibility index (Phi) is 5.53. The van der Waals surface area contributed by atoms with E-state index in [1.165, 1.54) is 12.0 Å². The van der Waals surface area contributed by atoms with Crippen LogP contribution in [0.4, 0.5) is 0 Å². The molecule has 1 N–H and O–H groups in total. The largest absolute Gasteiger partial charge is 0.379 e. The van der Waals surface area contributed by atoms with E-state index in [2.05, 4.69) is 59.3 Å². The Morgan fingerprint density at radius 1 is 1.19 bits per heavy atom. The van der Waals surface area contributed by atoms with Gasteiger partial charge in [0.25, 0.3) is 0 Å². The summed E-state index contributed by atoms with van der Waals surface area (Å²) in [5.74, 6) is 0.338. The standard InChI is InChI=1S/C22H33N3O2/c1-22(2,16-24-11-13-27-14-12-24)23-21(26)18-15-20(17-7-4-3-5-8-17)25-10-6-9-19(18)25/h3-5,7-8,18-20H,6,9-16H2,1-2H3,(H,23,26)/t18-,19+,20-/m0/s1. The van der Waals surface area contributed by atoms with Gasteiger partial charge in [0.05, 0.1) is 19.1 Å². The Morgan fingerprint density at radius 2 is 1.93 bits per heavy atom. The van der Waals surface area contributed by atoms with Crippen LogP contribution in [0.15, 0.2) is 30.3 Å². The molecule has 1 amide bonds. The van der Waals surface area contributed by atoms with Gasteiger partial charge in [0.15, 0.2) is 0 Å². The van der Waals surface area contributed by atoms with Gasteiger partial charge in [-0.25, -0.2) is 0 Å². The second-order valence-electron chi connectivity index (χ2n) is 8.98. The van der Waals surface area contributed by atoms with E-state index >= 15 is 0 Å². The number of hydrogen-bond donors (Lipinski definition) is 1. The maximum absolute atomic E-state index is 13.2. The van der Waals surface area contributed by atoms with Crippen molar-refractivity contribution in [2.45, 2.75) is 50.7 Å². The van der Waals surface area contributed by atoms with Gasteiger partial charge in [-0.15, -0.1) is 0 Å². The van der Waals surface area contributed by atoms with Crippen LogP contribution in [0, 0.1) is 5.92 Å². The molecule has 0 unspecified atom stereocenters. The van der Waals surface area contributed by atoms with Gasteiger partial charge in [0, 0.05) is 37.3 Å². The van der Waals surface area contributed by atoms with Crippen molar-refractivity contribution in [2.24, 2.45) is 5.92 Å². The molecule has 3 aliphatic rings. The van der Waals surface area contributed by atoms with Crippen molar-refractivity contribution in [2.75, 3.05) is 39.4 Å². The molecule has 3 saturated heterocycles. The number of carbonyl (C=O) groups excluding carboxylic acids is 1. The van der Waals surface area contributed by atoms with Crippen LogP contribution in [0.1, 0.15) is 44.7 Å². The average molecular weight is 372 g/mol. The zero-order chi connectivity index (χ0) is 18.9. The minimum absolute atomic E-state index is 0.0988. The summed E-state index contributed by atoms with van der Waals surface area (Å²) in [6.07, 6.45) is 3.29. The molecule has 0 bridgehead atoms. The minimum Gasteiger partial charge on any atom is -0.379 e. The first-order valence-electron chi connectivity index (χ1n) is 10.5. The monoisotopic (exact) mass is 371 g/mol. The molecular formula is C22H33N3O2. The van der Waals surface area contributed by atoms with Crippen LogP contribution in [0.5, 0.6) is 0 Å². The lowest BCUT2D eigenvalue weighted by molar-refractivity contribution is -0.127. The number of fused-ring (bicyclic) bond motifs is 1. The van der Waals surface area contributed by atoms with Crippen LogP contribution in [-0.2, 0) is 9.53 Å². The topological polar surface area (TPSA) is 44.8 Å². The first kappa shape index (κ1) is 18.9. The molecule has 5 heteroatoms. The summed E-state index contributed by atoms with van der Waals surface area (Å²) in [5.41, 5.74) is 1.13. The lowest BCUT2D eigenvalue weighted by atomic mass is 9.92. The van der Waals surface area contributed by atoms with Gasteiger partial charge in [-0.3, -0.25) is 14.6 Å². The van der Waals surface area contributed by atoms with Gasteiger partial charge in [-0.05, 0) is 45.2 Å². The molecule has 1 aromatic rings. The number of amides is 1. The van der Waals surface area contributed by atoms with Crippen LogP contribution in [0.2, 0.25) is 0 Å². The second-order valence-corrected chi connectivity index (χ2v) is 8.98. The number of ether oxygens (including phenoxy) is 1. The number of hydrogen-bond acceptors (Lipinski definition) is 4. The van der Waals surface area contributed by atoms with Crippen molar-refractivity contribution in [1.29, 1.82) is 0 Å². The summed E-state index contributed by atoms with van der Waals surface area (Å²) >= 11 is 0.